The van der Waals surface area contributed by atoms with E-state index in [-0.39, 0.29) is 0 Å². The first-order chi connectivity index (χ1) is 15.5. The van der Waals surface area contributed by atoms with Crippen molar-refractivity contribution >= 4 is 51.1 Å². The smallest absolute Gasteiger partial charge is 0.202 e. The number of aryl methyl sites for hydroxylation is 2. The molecule has 0 saturated carbocycles. The van der Waals surface area contributed by atoms with Gasteiger partial charge in [0.2, 0.25) is 5.65 Å². The van der Waals surface area contributed by atoms with E-state index in [9.17, 15) is 0 Å². The molecule has 1 aromatic carbocycles. The fourth-order valence-corrected chi connectivity index (χ4v) is 5.66. The van der Waals surface area contributed by atoms with Crippen LogP contribution in [0.1, 0.15) is 25.0 Å². The van der Waals surface area contributed by atoms with Crippen molar-refractivity contribution < 1.29 is 4.74 Å². The molecule has 166 valence electrons. The van der Waals surface area contributed by atoms with Crippen LogP contribution in [0.25, 0.3) is 33.3 Å². The molecule has 3 aromatic heterocycles. The minimum Gasteiger partial charge on any atom is -0.381 e. The Morgan fingerprint density at radius 3 is 2.69 bits per heavy atom. The molecule has 10 heteroatoms. The summed E-state index contributed by atoms with van der Waals surface area (Å²) >= 11 is 13.2. The maximum atomic E-state index is 6.75. The maximum absolute atomic E-state index is 6.75. The van der Waals surface area contributed by atoms with Crippen LogP contribution in [-0.4, -0.2) is 56.2 Å². The van der Waals surface area contributed by atoms with Crippen molar-refractivity contribution in [1.82, 2.24) is 29.9 Å². The predicted octanol–water partition coefficient (Wildman–Crippen LogP) is 4.53. The number of fused-ring (bicyclic) bond motifs is 2. The molecule has 8 nitrogen and oxygen atoms in total. The molecule has 2 aliphatic rings. The Labute approximate surface area is 194 Å². The van der Waals surface area contributed by atoms with E-state index in [2.05, 4.69) is 20.2 Å². The van der Waals surface area contributed by atoms with E-state index in [0.29, 0.717) is 26.8 Å². The fourth-order valence-electron chi connectivity index (χ4n) is 5.04. The highest BCUT2D eigenvalue weighted by atomic mass is 35.5. The highest BCUT2D eigenvalue weighted by Gasteiger charge is 2.38. The molecule has 2 saturated heterocycles. The molecule has 5 heterocycles. The van der Waals surface area contributed by atoms with Crippen LogP contribution in [0.15, 0.2) is 12.1 Å². The summed E-state index contributed by atoms with van der Waals surface area (Å²) in [6.07, 6.45) is 3.41. The number of aromatic amines is 1. The third-order valence-electron chi connectivity index (χ3n) is 6.98. The predicted molar refractivity (Wildman–Crippen MR) is 125 cm³/mol. The molecular formula is C22H23Cl2N7O. The lowest BCUT2D eigenvalue weighted by molar-refractivity contribution is 0.133. The van der Waals surface area contributed by atoms with Crippen molar-refractivity contribution in [3.8, 4) is 11.3 Å². The molecule has 0 amide bonds. The molecule has 0 aliphatic carbocycles. The standard InChI is InChI=1S/C22H23Cl2N7O/c1-12-21(31-8-5-22(6-9-31)7-10-32-11-22)26-20-18(25-12)17(27-28-20)13-3-4-14-15(16(13)23)19(24)30(2)29-14/h3-4H,5-11H2,1-2H3,(H,26,27,28). The van der Waals surface area contributed by atoms with Gasteiger partial charge >= 0.3 is 0 Å². The quantitative estimate of drug-likeness (QED) is 0.462. The lowest BCUT2D eigenvalue weighted by Crippen LogP contribution is -2.41. The third-order valence-corrected chi connectivity index (χ3v) is 7.81. The second kappa shape index (κ2) is 7.30. The third kappa shape index (κ3) is 3.00. The minimum atomic E-state index is 0.352. The Morgan fingerprint density at radius 1 is 1.12 bits per heavy atom. The number of nitrogens with zero attached hydrogens (tertiary/aromatic N) is 6. The lowest BCUT2D eigenvalue weighted by Gasteiger charge is -2.39. The van der Waals surface area contributed by atoms with Crippen LogP contribution < -0.4 is 4.90 Å². The summed E-state index contributed by atoms with van der Waals surface area (Å²) in [6.45, 7) is 5.70. The Bertz CT molecular complexity index is 1350. The van der Waals surface area contributed by atoms with Gasteiger partial charge in [-0.25, -0.2) is 9.97 Å². The number of ether oxygens (including phenoxy) is 1. The summed E-state index contributed by atoms with van der Waals surface area (Å²) in [5.41, 5.74) is 4.77. The van der Waals surface area contributed by atoms with Crippen LogP contribution in [0.5, 0.6) is 0 Å². The highest BCUT2D eigenvalue weighted by Crippen LogP contribution is 2.41. The topological polar surface area (TPSA) is 84.8 Å². The number of hydrogen-bond donors (Lipinski definition) is 1. The van der Waals surface area contributed by atoms with Gasteiger partial charge < -0.3 is 9.64 Å². The van der Waals surface area contributed by atoms with Crippen molar-refractivity contribution in [1.29, 1.82) is 0 Å². The van der Waals surface area contributed by atoms with Crippen molar-refractivity contribution in [3.63, 3.8) is 0 Å². The van der Waals surface area contributed by atoms with Crippen molar-refractivity contribution in [3.05, 3.63) is 28.0 Å². The highest BCUT2D eigenvalue weighted by molar-refractivity contribution is 6.43. The van der Waals surface area contributed by atoms with Crippen LogP contribution >= 0.6 is 23.2 Å². The Balaban J connectivity index is 1.38. The number of H-pyrrole nitrogens is 1. The molecule has 1 N–H and O–H groups in total. The average molecular weight is 472 g/mol. The number of halogens is 2. The molecule has 4 aromatic rings. The lowest BCUT2D eigenvalue weighted by atomic mass is 9.78. The normalized spacial score (nSPS) is 18.4. The SMILES string of the molecule is Cc1nc2c(-c3ccc4nn(C)c(Cl)c4c3Cl)[nH]nc2nc1N1CCC2(CCOC2)CC1. The Kier molecular flexibility index (Phi) is 4.61. The van der Waals surface area contributed by atoms with Crippen molar-refractivity contribution in [2.45, 2.75) is 26.2 Å². The summed E-state index contributed by atoms with van der Waals surface area (Å²) in [5, 5.41) is 13.7. The maximum Gasteiger partial charge on any atom is 0.202 e. The Hall–Kier alpha value is -2.42. The molecule has 0 atom stereocenters. The van der Waals surface area contributed by atoms with Gasteiger partial charge in [0.1, 0.15) is 10.7 Å². The van der Waals surface area contributed by atoms with Gasteiger partial charge in [0.15, 0.2) is 5.82 Å². The van der Waals surface area contributed by atoms with E-state index in [4.69, 9.17) is 37.9 Å². The van der Waals surface area contributed by atoms with Gasteiger partial charge in [0.05, 0.1) is 33.9 Å². The molecule has 1 spiro atoms. The van der Waals surface area contributed by atoms with Gasteiger partial charge in [-0.1, -0.05) is 23.2 Å². The van der Waals surface area contributed by atoms with Crippen molar-refractivity contribution in [2.75, 3.05) is 31.2 Å². The second-order valence-corrected chi connectivity index (χ2v) is 9.66. The van der Waals surface area contributed by atoms with Gasteiger partial charge in [-0.15, -0.1) is 0 Å². The van der Waals surface area contributed by atoms with E-state index in [1.165, 1.54) is 6.42 Å². The summed E-state index contributed by atoms with van der Waals surface area (Å²) in [5.74, 6) is 0.904. The zero-order valence-electron chi connectivity index (χ0n) is 18.0. The molecule has 0 unspecified atom stereocenters. The molecule has 0 bridgehead atoms. The molecule has 2 fully saturated rings. The number of nitrogens with one attached hydrogen (secondary N) is 1. The molecule has 2 aliphatic heterocycles. The molecule has 32 heavy (non-hydrogen) atoms. The average Bonchev–Trinajstić information content (AvgIpc) is 3.48. The van der Waals surface area contributed by atoms with E-state index in [0.717, 1.165) is 72.8 Å². The zero-order chi connectivity index (χ0) is 22.0. The van der Waals surface area contributed by atoms with E-state index in [1.54, 1.807) is 11.7 Å². The van der Waals surface area contributed by atoms with Gasteiger partial charge in [-0.05, 0) is 43.7 Å². The van der Waals surface area contributed by atoms with Crippen molar-refractivity contribution in [2.24, 2.45) is 12.5 Å². The van der Waals surface area contributed by atoms with Gasteiger partial charge in [0.25, 0.3) is 0 Å². The van der Waals surface area contributed by atoms with Gasteiger partial charge in [-0.3, -0.25) is 9.78 Å². The number of hydrogen-bond acceptors (Lipinski definition) is 6. The second-order valence-electron chi connectivity index (χ2n) is 8.93. The summed E-state index contributed by atoms with van der Waals surface area (Å²) in [7, 11) is 1.79. The minimum absolute atomic E-state index is 0.352. The summed E-state index contributed by atoms with van der Waals surface area (Å²) < 4.78 is 7.28. The van der Waals surface area contributed by atoms with Gasteiger partial charge in [0, 0.05) is 32.3 Å². The first kappa shape index (κ1) is 20.2. The zero-order valence-corrected chi connectivity index (χ0v) is 19.5. The van der Waals surface area contributed by atoms with E-state index < -0.39 is 0 Å². The number of aromatic nitrogens is 6. The largest absolute Gasteiger partial charge is 0.381 e. The molecular weight excluding hydrogens is 449 g/mol. The van der Waals surface area contributed by atoms with Crippen LogP contribution in [-0.2, 0) is 11.8 Å². The van der Waals surface area contributed by atoms with E-state index >= 15 is 0 Å². The first-order valence-corrected chi connectivity index (χ1v) is 11.6. The van der Waals surface area contributed by atoms with Crippen LogP contribution in [0.2, 0.25) is 10.2 Å². The fraction of sp³-hybridized carbons (Fsp3) is 0.455. The number of anilines is 1. The number of benzene rings is 1. The monoisotopic (exact) mass is 471 g/mol. The number of piperidine rings is 1. The first-order valence-electron chi connectivity index (χ1n) is 10.8. The Morgan fingerprint density at radius 2 is 1.94 bits per heavy atom. The van der Waals surface area contributed by atoms with Crippen LogP contribution in [0.3, 0.4) is 0 Å². The summed E-state index contributed by atoms with van der Waals surface area (Å²) in [6, 6.07) is 3.82. The molecule has 0 radical (unpaired) electrons. The van der Waals surface area contributed by atoms with Crippen LogP contribution in [0, 0.1) is 12.3 Å². The summed E-state index contributed by atoms with van der Waals surface area (Å²) in [4.78, 5) is 12.1. The number of rotatable bonds is 2. The van der Waals surface area contributed by atoms with Crippen LogP contribution in [0.4, 0.5) is 5.82 Å². The van der Waals surface area contributed by atoms with Gasteiger partial charge in [-0.2, -0.15) is 10.2 Å². The van der Waals surface area contributed by atoms with E-state index in [1.807, 2.05) is 19.1 Å². The molecule has 6 rings (SSSR count).